The predicted octanol–water partition coefficient (Wildman–Crippen LogP) is -4.75. The molecule has 2 fully saturated rings. The number of esters is 5. The molecule has 0 aromatic carbocycles. The maximum absolute atomic E-state index is 11.8. The molecule has 0 spiro atoms. The molecular formula is C27H41BrCs2O15. The quantitative estimate of drug-likeness (QED) is 0.0448. The van der Waals surface area contributed by atoms with Crippen LogP contribution in [0.25, 0.3) is 0 Å². The van der Waals surface area contributed by atoms with Crippen LogP contribution >= 0.6 is 15.9 Å². The fourth-order valence-electron chi connectivity index (χ4n) is 4.10. The third kappa shape index (κ3) is 17.0. The zero-order valence-electron chi connectivity index (χ0n) is 28.6. The van der Waals surface area contributed by atoms with Gasteiger partial charge in [0.2, 0.25) is 6.29 Å². The van der Waals surface area contributed by atoms with Crippen molar-refractivity contribution in [1.29, 1.82) is 0 Å². The maximum atomic E-state index is 11.8. The van der Waals surface area contributed by atoms with Crippen LogP contribution in [-0.4, -0.2) is 86.3 Å². The van der Waals surface area contributed by atoms with Crippen molar-refractivity contribution in [2.45, 2.75) is 84.2 Å². The van der Waals surface area contributed by atoms with Crippen LogP contribution in [0.5, 0.6) is 0 Å². The summed E-state index contributed by atoms with van der Waals surface area (Å²) >= 11 is 3.28. The zero-order chi connectivity index (χ0) is 33.6. The van der Waals surface area contributed by atoms with Crippen molar-refractivity contribution in [2.24, 2.45) is 23.7 Å². The Morgan fingerprint density at radius 1 is 0.756 bits per heavy atom. The number of ether oxygens (including phenoxy) is 7. The van der Waals surface area contributed by atoms with Crippen molar-refractivity contribution in [3.63, 3.8) is 0 Å². The van der Waals surface area contributed by atoms with Crippen molar-refractivity contribution < 1.29 is 211 Å². The molecule has 0 aromatic rings. The van der Waals surface area contributed by atoms with Crippen LogP contribution in [0.1, 0.15) is 49.9 Å². The van der Waals surface area contributed by atoms with Gasteiger partial charge in [0.15, 0.2) is 23.3 Å². The molecule has 248 valence electrons. The maximum Gasteiger partial charge on any atom is 1.00 e. The van der Waals surface area contributed by atoms with Crippen LogP contribution < -0.4 is 143 Å². The van der Waals surface area contributed by atoms with Crippen LogP contribution in [0, 0.1) is 23.7 Å². The Hall–Kier alpha value is 1.02. The third-order valence-corrected chi connectivity index (χ3v) is 7.55. The summed E-state index contributed by atoms with van der Waals surface area (Å²) in [5, 5.41) is 7.93. The number of carbonyl (C=O) groups excluding carboxylic acids is 6. The van der Waals surface area contributed by atoms with E-state index in [9.17, 15) is 24.0 Å². The number of hydrogen-bond acceptors (Lipinski definition) is 15. The molecular weight excluding hydrogens is 910 g/mol. The van der Waals surface area contributed by atoms with Crippen LogP contribution in [-0.2, 0) is 66.8 Å². The molecule has 2 rings (SSSR count). The minimum Gasteiger partial charge on any atom is -1.00 e. The van der Waals surface area contributed by atoms with Gasteiger partial charge in [-0.05, 0) is 18.8 Å². The van der Waals surface area contributed by atoms with Crippen LogP contribution in [0.2, 0.25) is 0 Å². The van der Waals surface area contributed by atoms with E-state index in [0.717, 1.165) is 0 Å². The van der Waals surface area contributed by atoms with Crippen LogP contribution in [0.4, 0.5) is 0 Å². The number of rotatable bonds is 7. The molecule has 45 heavy (non-hydrogen) atoms. The summed E-state index contributed by atoms with van der Waals surface area (Å²) < 4.78 is 36.0. The number of halogens is 1. The first-order chi connectivity index (χ1) is 20.0. The van der Waals surface area contributed by atoms with E-state index in [4.69, 9.17) is 38.5 Å². The van der Waals surface area contributed by atoms with Gasteiger partial charge in [-0.25, -0.2) is 14.4 Å². The molecule has 0 aromatic heterocycles. The number of methoxy groups -OCH3 is 2. The summed E-state index contributed by atoms with van der Waals surface area (Å²) in [5.74, 6) is -3.19. The van der Waals surface area contributed by atoms with Crippen molar-refractivity contribution in [2.75, 3.05) is 14.2 Å². The van der Waals surface area contributed by atoms with Gasteiger partial charge in [0.1, 0.15) is 6.10 Å². The molecule has 2 saturated heterocycles. The van der Waals surface area contributed by atoms with Gasteiger partial charge >= 0.3 is 168 Å². The molecule has 0 aliphatic carbocycles. The van der Waals surface area contributed by atoms with E-state index in [1.54, 1.807) is 13.8 Å². The number of carbonyl (C=O) groups is 6. The van der Waals surface area contributed by atoms with Gasteiger partial charge in [-0.15, -0.1) is 0 Å². The number of alkyl halides is 1. The first-order valence-corrected chi connectivity index (χ1v) is 13.9. The predicted molar refractivity (Wildman–Crippen MR) is 147 cm³/mol. The Balaban J connectivity index is -0.000000331. The van der Waals surface area contributed by atoms with Gasteiger partial charge in [0.25, 0.3) is 6.47 Å². The summed E-state index contributed by atoms with van der Waals surface area (Å²) in [6, 6.07) is 0. The Morgan fingerprint density at radius 2 is 1.13 bits per heavy atom. The zero-order valence-corrected chi connectivity index (χ0v) is 41.7. The molecule has 0 saturated carbocycles. The molecule has 0 N–H and O–H groups in total. The average molecular weight is 951 g/mol. The molecule has 10 atom stereocenters. The summed E-state index contributed by atoms with van der Waals surface area (Å²) in [7, 11) is 2.57. The summed E-state index contributed by atoms with van der Waals surface area (Å²) in [5.41, 5.74) is 0.172. The molecule has 0 amide bonds. The second kappa shape index (κ2) is 25.9. The Labute approximate surface area is 390 Å². The Morgan fingerprint density at radius 3 is 1.49 bits per heavy atom. The summed E-state index contributed by atoms with van der Waals surface area (Å²) in [6.45, 7) is 14.8. The Bertz CT molecular complexity index is 1000. The first-order valence-electron chi connectivity index (χ1n) is 13.0. The monoisotopic (exact) mass is 950 g/mol. The second-order valence-corrected chi connectivity index (χ2v) is 10.7. The minimum absolute atomic E-state index is 0. The largest absolute Gasteiger partial charge is 1.00 e. The first kappa shape index (κ1) is 50.4. The van der Waals surface area contributed by atoms with Crippen molar-refractivity contribution in [1.82, 2.24) is 0 Å². The average Bonchev–Trinajstić information content (AvgIpc) is 2.95. The molecule has 10 unspecified atom stereocenters. The van der Waals surface area contributed by atoms with E-state index in [-0.39, 0.29) is 181 Å². The van der Waals surface area contributed by atoms with E-state index in [1.165, 1.54) is 35.0 Å². The van der Waals surface area contributed by atoms with Crippen molar-refractivity contribution >= 4 is 52.2 Å². The Kier molecular flexibility index (Phi) is 29.0. The smallest absolute Gasteiger partial charge is 1.00 e. The second-order valence-electron chi connectivity index (χ2n) is 9.84. The fourth-order valence-corrected chi connectivity index (χ4v) is 4.93. The van der Waals surface area contributed by atoms with Gasteiger partial charge in [-0.2, -0.15) is 0 Å². The van der Waals surface area contributed by atoms with E-state index in [1.807, 2.05) is 13.8 Å². The number of hydrogen-bond donors (Lipinski definition) is 0. The minimum atomic E-state index is -1.19. The molecule has 2 aliphatic heterocycles. The summed E-state index contributed by atoms with van der Waals surface area (Å²) in [4.78, 5) is 68.6. The topological polar surface area (TPSA) is 199 Å². The normalized spacial score (nSPS) is 29.8. The van der Waals surface area contributed by atoms with Gasteiger partial charge in [0.05, 0.1) is 14.2 Å². The van der Waals surface area contributed by atoms with Crippen LogP contribution in [0.3, 0.4) is 0 Å². The van der Waals surface area contributed by atoms with Crippen molar-refractivity contribution in [3.8, 4) is 0 Å². The van der Waals surface area contributed by atoms with Gasteiger partial charge in [-0.3, -0.25) is 14.4 Å². The van der Waals surface area contributed by atoms with E-state index >= 15 is 0 Å². The van der Waals surface area contributed by atoms with E-state index in [2.05, 4.69) is 32.1 Å². The third-order valence-electron chi connectivity index (χ3n) is 6.82. The molecule has 18 heteroatoms. The van der Waals surface area contributed by atoms with Gasteiger partial charge in [-0.1, -0.05) is 50.2 Å². The molecule has 2 heterocycles. The summed E-state index contributed by atoms with van der Waals surface area (Å²) in [6.07, 6.45) is -3.94. The SMILES string of the molecule is C=C(C)C(=O)OC1OC(C(=O)OC)C(C)C(C)C1OC(C)=O.COC(=O)C1OC(Br)C(OC(C)=O)C(C)C1C.O=CO[O-].[Cs+].[Cs+].[H-]. The van der Waals surface area contributed by atoms with Crippen LogP contribution in [0.15, 0.2) is 12.2 Å². The standard InChI is InChI=1S/C15H22O7.C11H17BrO5.CH2O3.2Cs.H/c1-7(2)13(17)22-15-12(20-10(5)16)9(4)8(3)11(21-15)14(18)19-6;1-5-6(2)9(11(14)15-4)17-10(12)8(5)16-7(3)13;2-1-4-3;;;/h8-9,11-12,15H,1H2,2-6H3;5-6,8-10H,1-4H3;1,3H;;;/q;;;2*+1;-1/p-1. The fraction of sp³-hybridized carbons (Fsp3) is 0.704. The molecule has 2 aliphatic rings. The van der Waals surface area contributed by atoms with E-state index in [0.29, 0.717) is 0 Å². The molecule has 0 radical (unpaired) electrons. The van der Waals surface area contributed by atoms with E-state index < -0.39 is 59.6 Å². The molecule has 0 bridgehead atoms. The molecule has 15 nitrogen and oxygen atoms in total. The van der Waals surface area contributed by atoms with Gasteiger partial charge < -0.3 is 44.7 Å². The van der Waals surface area contributed by atoms with Gasteiger partial charge in [0, 0.05) is 31.3 Å². The van der Waals surface area contributed by atoms with Crippen molar-refractivity contribution in [3.05, 3.63) is 12.2 Å².